The number of hydrogen-bond acceptors (Lipinski definition) is 5. The van der Waals surface area contributed by atoms with Crippen molar-refractivity contribution < 1.29 is 32.2 Å². The lowest BCUT2D eigenvalue weighted by atomic mass is 10.0. The highest BCUT2D eigenvalue weighted by Crippen LogP contribution is 2.58. The van der Waals surface area contributed by atoms with Gasteiger partial charge < -0.3 is 24.3 Å². The van der Waals surface area contributed by atoms with Crippen LogP contribution < -0.4 is 15.5 Å². The quantitative estimate of drug-likeness (QED) is 0.729. The summed E-state index contributed by atoms with van der Waals surface area (Å²) in [6, 6.07) is 1.07. The van der Waals surface area contributed by atoms with Gasteiger partial charge in [0.2, 0.25) is 5.43 Å². The molecule has 2 aliphatic heterocycles. The molecule has 2 amide bonds. The molecule has 1 aromatic heterocycles. The van der Waals surface area contributed by atoms with Crippen LogP contribution in [0.5, 0.6) is 5.75 Å². The van der Waals surface area contributed by atoms with Gasteiger partial charge in [-0.2, -0.15) is 0 Å². The molecule has 178 valence electrons. The highest BCUT2D eigenvalue weighted by atomic mass is 19.1. The Morgan fingerprint density at radius 3 is 2.62 bits per heavy atom. The number of aromatic nitrogens is 1. The van der Waals surface area contributed by atoms with E-state index in [0.717, 1.165) is 12.8 Å². The van der Waals surface area contributed by atoms with Crippen LogP contribution in [0.15, 0.2) is 23.1 Å². The van der Waals surface area contributed by atoms with Crippen molar-refractivity contribution in [3.8, 4) is 5.75 Å². The molecule has 2 saturated carbocycles. The minimum absolute atomic E-state index is 0.0436. The van der Waals surface area contributed by atoms with Crippen LogP contribution in [0.3, 0.4) is 0 Å². The van der Waals surface area contributed by atoms with Crippen LogP contribution in [0.25, 0.3) is 0 Å². The summed E-state index contributed by atoms with van der Waals surface area (Å²) in [5, 5.41) is 2.28. The Labute approximate surface area is 191 Å². The summed E-state index contributed by atoms with van der Waals surface area (Å²) in [7, 11) is 1.23. The molecular weight excluding hydrogens is 455 g/mol. The van der Waals surface area contributed by atoms with Gasteiger partial charge >= 0.3 is 0 Å². The van der Waals surface area contributed by atoms with Crippen molar-refractivity contribution in [2.45, 2.75) is 44.3 Å². The normalized spacial score (nSPS) is 28.2. The minimum atomic E-state index is -1.16. The first-order valence-electron chi connectivity index (χ1n) is 11.0. The van der Waals surface area contributed by atoms with Crippen LogP contribution >= 0.6 is 0 Å². The fraction of sp³-hybridized carbons (Fsp3) is 0.435. The lowest BCUT2D eigenvalue weighted by Crippen LogP contribution is -2.58. The summed E-state index contributed by atoms with van der Waals surface area (Å²) in [4.78, 5) is 40.9. The van der Waals surface area contributed by atoms with E-state index in [0.29, 0.717) is 24.0 Å². The van der Waals surface area contributed by atoms with Crippen molar-refractivity contribution in [2.24, 2.45) is 11.8 Å². The number of hydrogen-bond donors (Lipinski definition) is 1. The first kappa shape index (κ1) is 21.2. The Balaban J connectivity index is 1.32. The third-order valence-corrected chi connectivity index (χ3v) is 7.34. The number of amides is 2. The molecule has 4 aliphatic rings. The van der Waals surface area contributed by atoms with Gasteiger partial charge in [-0.3, -0.25) is 14.4 Å². The third-order valence-electron chi connectivity index (χ3n) is 7.34. The van der Waals surface area contributed by atoms with Gasteiger partial charge in [0, 0.05) is 36.5 Å². The second-order valence-corrected chi connectivity index (χ2v) is 9.14. The number of rotatable bonds is 4. The summed E-state index contributed by atoms with van der Waals surface area (Å²) in [5.74, 6) is -4.11. The Morgan fingerprint density at radius 2 is 1.91 bits per heavy atom. The predicted octanol–water partition coefficient (Wildman–Crippen LogP) is 1.79. The number of ether oxygens (including phenoxy) is 2. The molecule has 2 aromatic rings. The number of halogens is 3. The van der Waals surface area contributed by atoms with E-state index in [9.17, 15) is 27.6 Å². The van der Waals surface area contributed by atoms with Gasteiger partial charge in [0.15, 0.2) is 17.7 Å². The van der Waals surface area contributed by atoms with E-state index in [1.807, 2.05) is 0 Å². The first-order chi connectivity index (χ1) is 16.3. The van der Waals surface area contributed by atoms with Crippen molar-refractivity contribution in [3.05, 3.63) is 62.8 Å². The summed E-state index contributed by atoms with van der Waals surface area (Å²) in [5.41, 5.74) is -1.67. The molecule has 2 bridgehead atoms. The van der Waals surface area contributed by atoms with Gasteiger partial charge in [0.1, 0.15) is 23.0 Å². The predicted molar refractivity (Wildman–Crippen MR) is 110 cm³/mol. The molecule has 0 radical (unpaired) electrons. The van der Waals surface area contributed by atoms with Crippen molar-refractivity contribution >= 4 is 11.8 Å². The monoisotopic (exact) mass is 475 g/mol. The summed E-state index contributed by atoms with van der Waals surface area (Å²) in [6.07, 6.45) is 2.64. The van der Waals surface area contributed by atoms with E-state index in [1.165, 1.54) is 17.9 Å². The number of benzene rings is 1. The van der Waals surface area contributed by atoms with Crippen molar-refractivity contribution in [3.63, 3.8) is 0 Å². The summed E-state index contributed by atoms with van der Waals surface area (Å²) < 4.78 is 53.8. The van der Waals surface area contributed by atoms with Crippen molar-refractivity contribution in [2.75, 3.05) is 7.11 Å². The van der Waals surface area contributed by atoms with Crippen molar-refractivity contribution in [1.82, 2.24) is 14.8 Å². The fourth-order valence-corrected chi connectivity index (χ4v) is 5.71. The van der Waals surface area contributed by atoms with Crippen molar-refractivity contribution in [1.29, 1.82) is 0 Å². The van der Waals surface area contributed by atoms with Gasteiger partial charge in [-0.05, 0) is 24.7 Å². The summed E-state index contributed by atoms with van der Waals surface area (Å²) in [6.45, 7) is -0.392. The highest BCUT2D eigenvalue weighted by Gasteiger charge is 2.63. The third kappa shape index (κ3) is 2.99. The zero-order valence-corrected chi connectivity index (χ0v) is 18.0. The smallest absolute Gasteiger partial charge is 0.276 e. The van der Waals surface area contributed by atoms with Crippen LogP contribution in [-0.4, -0.2) is 46.8 Å². The standard InChI is InChI=1S/C23H20F3N3O5/c1-33-21-19-23(32)29-16-5-17(11-4-10(11)16)34-18(29)8-28(19)7-13(20(21)30)22(31)27-6-12-14(25)2-9(24)3-15(12)26/h2-3,7,10-11,16-18H,4-6,8H2,1H3,(H,27,31)/t10-,11+,16-,17+,18?/m0/s1. The van der Waals surface area contributed by atoms with Gasteiger partial charge in [-0.1, -0.05) is 0 Å². The second-order valence-electron chi connectivity index (χ2n) is 9.14. The zero-order valence-electron chi connectivity index (χ0n) is 18.0. The topological polar surface area (TPSA) is 89.9 Å². The Hall–Kier alpha value is -3.34. The van der Waals surface area contributed by atoms with Gasteiger partial charge in [0.05, 0.1) is 19.8 Å². The molecule has 2 aliphatic carbocycles. The molecule has 1 N–H and O–H groups in total. The Morgan fingerprint density at radius 1 is 1.18 bits per heavy atom. The lowest BCUT2D eigenvalue weighted by Gasteiger charge is -2.45. The fourth-order valence-electron chi connectivity index (χ4n) is 5.71. The van der Waals surface area contributed by atoms with E-state index in [2.05, 4.69) is 5.32 Å². The molecule has 3 fully saturated rings. The van der Waals surface area contributed by atoms with Gasteiger partial charge in [0.25, 0.3) is 11.8 Å². The average molecular weight is 475 g/mol. The Bertz CT molecular complexity index is 1290. The number of methoxy groups -OCH3 is 1. The molecule has 6 rings (SSSR count). The molecule has 11 heteroatoms. The molecule has 1 aromatic carbocycles. The van der Waals surface area contributed by atoms with Gasteiger partial charge in [-0.15, -0.1) is 0 Å². The number of pyridine rings is 1. The maximum Gasteiger partial charge on any atom is 0.276 e. The highest BCUT2D eigenvalue weighted by molar-refractivity contribution is 5.99. The molecule has 5 atom stereocenters. The molecule has 0 spiro atoms. The SMILES string of the molecule is COc1c2n(cc(C(=O)NCc3c(F)cc(F)cc3F)c1=O)CC1O[C@@H]3C[C@@H]([C@H]4C[C@H]43)N1C2=O. The molecule has 3 heterocycles. The van der Waals surface area contributed by atoms with Crippen LogP contribution in [0.1, 0.15) is 39.3 Å². The zero-order chi connectivity index (χ0) is 23.9. The van der Waals surface area contributed by atoms with Crippen LogP contribution in [0, 0.1) is 29.3 Å². The van der Waals surface area contributed by atoms with E-state index >= 15 is 0 Å². The first-order valence-corrected chi connectivity index (χ1v) is 11.0. The van der Waals surface area contributed by atoms with Crippen LogP contribution in [0.2, 0.25) is 0 Å². The number of fused-ring (bicyclic) bond motifs is 8. The van der Waals surface area contributed by atoms with Crippen LogP contribution in [0.4, 0.5) is 13.2 Å². The maximum atomic E-state index is 13.9. The molecular formula is C23H20F3N3O5. The largest absolute Gasteiger partial charge is 0.491 e. The Kier molecular flexibility index (Phi) is 4.57. The molecule has 8 nitrogen and oxygen atoms in total. The van der Waals surface area contributed by atoms with E-state index in [-0.39, 0.29) is 41.6 Å². The lowest BCUT2D eigenvalue weighted by molar-refractivity contribution is -0.144. The molecule has 34 heavy (non-hydrogen) atoms. The molecule has 1 unspecified atom stereocenters. The second kappa shape index (κ2) is 7.33. The van der Waals surface area contributed by atoms with Crippen LogP contribution in [-0.2, 0) is 17.8 Å². The number of carbonyl (C=O) groups is 2. The number of carbonyl (C=O) groups excluding carboxylic acids is 2. The maximum absolute atomic E-state index is 13.9. The van der Waals surface area contributed by atoms with E-state index < -0.39 is 47.1 Å². The van der Waals surface area contributed by atoms with Gasteiger partial charge in [-0.25, -0.2) is 13.2 Å². The minimum Gasteiger partial charge on any atom is -0.491 e. The average Bonchev–Trinajstić information content (AvgIpc) is 3.53. The number of nitrogens with one attached hydrogen (secondary N) is 1. The molecule has 1 saturated heterocycles. The number of nitrogens with zero attached hydrogens (tertiary/aromatic N) is 2. The van der Waals surface area contributed by atoms with E-state index in [4.69, 9.17) is 9.47 Å². The summed E-state index contributed by atoms with van der Waals surface area (Å²) >= 11 is 0. The van der Waals surface area contributed by atoms with E-state index in [1.54, 1.807) is 4.90 Å².